The molecule has 6 nitrogen and oxygen atoms in total. The molecule has 0 aliphatic carbocycles. The maximum Gasteiger partial charge on any atom is 0.416 e. The molecule has 2 heterocycles. The molecule has 0 bridgehead atoms. The van der Waals surface area contributed by atoms with Crippen LogP contribution >= 0.6 is 15.9 Å². The number of benzene rings is 1. The molecule has 0 amide bonds. The van der Waals surface area contributed by atoms with Crippen molar-refractivity contribution in [3.63, 3.8) is 0 Å². The molecule has 0 radical (unpaired) electrons. The average Bonchev–Trinajstić information content (AvgIpc) is 2.98. The van der Waals surface area contributed by atoms with E-state index in [1.165, 1.54) is 29.1 Å². The molecular formula is C18H16BrF3N4O2S. The summed E-state index contributed by atoms with van der Waals surface area (Å²) in [6, 6.07) is 6.26. The topological polar surface area (TPSA) is 77.7 Å². The predicted molar refractivity (Wildman–Crippen MR) is 104 cm³/mol. The van der Waals surface area contributed by atoms with Crippen LogP contribution in [0.1, 0.15) is 31.0 Å². The number of halogens is 4. The van der Waals surface area contributed by atoms with Crippen LogP contribution in [0.5, 0.6) is 0 Å². The highest BCUT2D eigenvalue weighted by molar-refractivity contribution is 9.10. The third kappa shape index (κ3) is 4.35. The lowest BCUT2D eigenvalue weighted by atomic mass is 10.1. The molecule has 0 aliphatic heterocycles. The summed E-state index contributed by atoms with van der Waals surface area (Å²) in [6.07, 6.45) is -2.27. The van der Waals surface area contributed by atoms with Gasteiger partial charge in [0.15, 0.2) is 5.82 Å². The second kappa shape index (κ2) is 7.52. The van der Waals surface area contributed by atoms with E-state index in [9.17, 15) is 21.6 Å². The molecular weight excluding hydrogens is 473 g/mol. The van der Waals surface area contributed by atoms with Gasteiger partial charge in [0.2, 0.25) is 15.0 Å². The maximum absolute atomic E-state index is 13.2. The highest BCUT2D eigenvalue weighted by Crippen LogP contribution is 2.38. The van der Waals surface area contributed by atoms with Gasteiger partial charge in [-0.3, -0.25) is 0 Å². The Labute approximate surface area is 173 Å². The summed E-state index contributed by atoms with van der Waals surface area (Å²) >= 11 is 3.44. The van der Waals surface area contributed by atoms with Gasteiger partial charge in [-0.15, -0.1) is 0 Å². The van der Waals surface area contributed by atoms with E-state index in [-0.39, 0.29) is 17.3 Å². The standard InChI is InChI=1S/C18H16BrF3N4O2S/c1-10(2)15-14(19)16(11-5-4-6-12(9-11)18(20,21)22)26(25-15)13-7-8-23-17(24-13)29(3,27)28/h4-10H,1-3H3. The van der Waals surface area contributed by atoms with Crippen LogP contribution in [0.2, 0.25) is 0 Å². The number of sulfone groups is 1. The Balaban J connectivity index is 2.29. The van der Waals surface area contributed by atoms with Crippen molar-refractivity contribution in [3.8, 4) is 17.1 Å². The molecule has 154 valence electrons. The van der Waals surface area contributed by atoms with Crippen molar-refractivity contribution in [1.29, 1.82) is 0 Å². The molecule has 11 heteroatoms. The van der Waals surface area contributed by atoms with E-state index in [0.717, 1.165) is 18.4 Å². The predicted octanol–water partition coefficient (Wildman–Crippen LogP) is 4.64. The van der Waals surface area contributed by atoms with Gasteiger partial charge in [0.05, 0.1) is 21.4 Å². The van der Waals surface area contributed by atoms with Crippen molar-refractivity contribution in [2.24, 2.45) is 0 Å². The van der Waals surface area contributed by atoms with Crippen LogP contribution in [0.15, 0.2) is 46.2 Å². The zero-order valence-electron chi connectivity index (χ0n) is 15.6. The zero-order chi connectivity index (χ0) is 21.6. The monoisotopic (exact) mass is 488 g/mol. The van der Waals surface area contributed by atoms with Crippen LogP contribution in [0, 0.1) is 0 Å². The number of aromatic nitrogens is 4. The second-order valence-electron chi connectivity index (χ2n) is 6.66. The van der Waals surface area contributed by atoms with E-state index in [4.69, 9.17) is 0 Å². The Bertz CT molecular complexity index is 1170. The molecule has 2 aromatic heterocycles. The first-order valence-corrected chi connectivity index (χ1v) is 11.1. The molecule has 0 aliphatic rings. The number of alkyl halides is 3. The summed E-state index contributed by atoms with van der Waals surface area (Å²) in [5, 5.41) is 4.07. The third-order valence-corrected chi connectivity index (χ3v) is 5.67. The maximum atomic E-state index is 13.2. The normalized spacial score (nSPS) is 12.6. The minimum atomic E-state index is -4.51. The summed E-state index contributed by atoms with van der Waals surface area (Å²) in [7, 11) is -3.68. The second-order valence-corrected chi connectivity index (χ2v) is 9.36. The van der Waals surface area contributed by atoms with Gasteiger partial charge in [0, 0.05) is 24.1 Å². The van der Waals surface area contributed by atoms with Crippen LogP contribution in [-0.4, -0.2) is 34.4 Å². The molecule has 1 aromatic carbocycles. The molecule has 0 spiro atoms. The first-order valence-electron chi connectivity index (χ1n) is 8.39. The minimum Gasteiger partial charge on any atom is -0.227 e. The van der Waals surface area contributed by atoms with Crippen molar-refractivity contribution in [2.75, 3.05) is 6.26 Å². The van der Waals surface area contributed by atoms with E-state index in [1.807, 2.05) is 13.8 Å². The lowest BCUT2D eigenvalue weighted by Crippen LogP contribution is -2.09. The Morgan fingerprint density at radius 2 is 1.86 bits per heavy atom. The highest BCUT2D eigenvalue weighted by Gasteiger charge is 2.31. The largest absolute Gasteiger partial charge is 0.416 e. The van der Waals surface area contributed by atoms with Crippen LogP contribution in [-0.2, 0) is 16.0 Å². The van der Waals surface area contributed by atoms with Gasteiger partial charge in [0.25, 0.3) is 0 Å². The van der Waals surface area contributed by atoms with Crippen molar-refractivity contribution >= 4 is 25.8 Å². The van der Waals surface area contributed by atoms with E-state index in [1.54, 1.807) is 0 Å². The Morgan fingerprint density at radius 3 is 2.45 bits per heavy atom. The molecule has 0 saturated heterocycles. The van der Waals surface area contributed by atoms with Gasteiger partial charge in [-0.05, 0) is 34.0 Å². The fraction of sp³-hybridized carbons (Fsp3) is 0.278. The van der Waals surface area contributed by atoms with Crippen LogP contribution in [0.3, 0.4) is 0 Å². The van der Waals surface area contributed by atoms with Crippen LogP contribution < -0.4 is 0 Å². The first-order chi connectivity index (χ1) is 13.4. The van der Waals surface area contributed by atoms with Crippen molar-refractivity contribution in [2.45, 2.75) is 31.1 Å². The minimum absolute atomic E-state index is 0.0496. The van der Waals surface area contributed by atoms with E-state index in [0.29, 0.717) is 15.9 Å². The van der Waals surface area contributed by atoms with Gasteiger partial charge in [-0.2, -0.15) is 23.3 Å². The van der Waals surface area contributed by atoms with Gasteiger partial charge < -0.3 is 0 Å². The van der Waals surface area contributed by atoms with E-state index >= 15 is 0 Å². The molecule has 0 saturated carbocycles. The Morgan fingerprint density at radius 1 is 1.17 bits per heavy atom. The number of hydrogen-bond acceptors (Lipinski definition) is 5. The third-order valence-electron chi connectivity index (χ3n) is 4.03. The van der Waals surface area contributed by atoms with Gasteiger partial charge in [0.1, 0.15) is 0 Å². The first kappa shape index (κ1) is 21.4. The smallest absolute Gasteiger partial charge is 0.227 e. The summed E-state index contributed by atoms with van der Waals surface area (Å²) < 4.78 is 65.1. The lowest BCUT2D eigenvalue weighted by Gasteiger charge is -2.11. The number of hydrogen-bond donors (Lipinski definition) is 0. The van der Waals surface area contributed by atoms with Crippen molar-refractivity contribution in [3.05, 3.63) is 52.3 Å². The fourth-order valence-corrected chi connectivity index (χ4v) is 4.12. The molecule has 0 N–H and O–H groups in total. The molecule has 0 atom stereocenters. The molecule has 29 heavy (non-hydrogen) atoms. The van der Waals surface area contributed by atoms with E-state index in [2.05, 4.69) is 31.0 Å². The summed E-state index contributed by atoms with van der Waals surface area (Å²) in [5.74, 6) is 0.0758. The number of nitrogens with zero attached hydrogens (tertiary/aromatic N) is 4. The summed E-state index contributed by atoms with van der Waals surface area (Å²) in [6.45, 7) is 3.77. The highest BCUT2D eigenvalue weighted by atomic mass is 79.9. The molecule has 3 rings (SSSR count). The van der Waals surface area contributed by atoms with E-state index < -0.39 is 26.7 Å². The van der Waals surface area contributed by atoms with Crippen molar-refractivity contribution in [1.82, 2.24) is 19.7 Å². The average molecular weight is 489 g/mol. The lowest BCUT2D eigenvalue weighted by molar-refractivity contribution is -0.137. The number of rotatable bonds is 4. The molecule has 3 aromatic rings. The Hall–Kier alpha value is -2.27. The van der Waals surface area contributed by atoms with Gasteiger partial charge in [-0.1, -0.05) is 26.0 Å². The summed E-state index contributed by atoms with van der Waals surface area (Å²) in [4.78, 5) is 7.79. The van der Waals surface area contributed by atoms with Gasteiger partial charge >= 0.3 is 6.18 Å². The SMILES string of the molecule is CC(C)c1nn(-c2ccnc(S(C)(=O)=O)n2)c(-c2cccc(C(F)(F)F)c2)c1Br. The fourth-order valence-electron chi connectivity index (χ4n) is 2.67. The Kier molecular flexibility index (Phi) is 5.56. The van der Waals surface area contributed by atoms with Gasteiger partial charge in [-0.25, -0.2) is 18.1 Å². The molecule has 0 fully saturated rings. The van der Waals surface area contributed by atoms with Crippen LogP contribution in [0.4, 0.5) is 13.2 Å². The summed E-state index contributed by atoms with van der Waals surface area (Å²) in [5.41, 5.74) is 0.376. The van der Waals surface area contributed by atoms with Crippen molar-refractivity contribution < 1.29 is 21.6 Å². The van der Waals surface area contributed by atoms with Crippen LogP contribution in [0.25, 0.3) is 17.1 Å². The molecule has 0 unspecified atom stereocenters. The zero-order valence-corrected chi connectivity index (χ0v) is 18.0. The quantitative estimate of drug-likeness (QED) is 0.500.